The molecule has 8 heteroatoms. The maximum Gasteiger partial charge on any atom is 0.407 e. The molecule has 1 saturated carbocycles. The summed E-state index contributed by atoms with van der Waals surface area (Å²) in [5, 5.41) is 12.7. The molecule has 0 aliphatic heterocycles. The first-order valence-corrected chi connectivity index (χ1v) is 9.28. The largest absolute Gasteiger partial charge is 0.465 e. The van der Waals surface area contributed by atoms with Crippen LogP contribution in [0.1, 0.15) is 32.1 Å². The second-order valence-corrected chi connectivity index (χ2v) is 6.79. The monoisotopic (exact) mass is 371 g/mol. The van der Waals surface area contributed by atoms with Crippen molar-refractivity contribution in [3.63, 3.8) is 0 Å². The fourth-order valence-corrected chi connectivity index (χ4v) is 3.48. The minimum Gasteiger partial charge on any atom is -0.465 e. The van der Waals surface area contributed by atoms with Gasteiger partial charge in [0.2, 0.25) is 5.95 Å². The number of pyridine rings is 1. The van der Waals surface area contributed by atoms with Crippen molar-refractivity contribution < 1.29 is 9.90 Å². The lowest BCUT2D eigenvalue weighted by Gasteiger charge is -2.32. The van der Waals surface area contributed by atoms with Crippen LogP contribution in [-0.4, -0.2) is 49.8 Å². The summed E-state index contributed by atoms with van der Waals surface area (Å²) < 4.78 is 1.43. The van der Waals surface area contributed by atoms with Crippen LogP contribution in [0.5, 0.6) is 0 Å². The van der Waals surface area contributed by atoms with Gasteiger partial charge in [-0.15, -0.1) is 0 Å². The maximum atomic E-state index is 12.2. The summed E-state index contributed by atoms with van der Waals surface area (Å²) in [5.41, 5.74) is 1.19. The van der Waals surface area contributed by atoms with E-state index in [1.165, 1.54) is 22.0 Å². The Bertz CT molecular complexity index is 831. The predicted octanol–water partition coefficient (Wildman–Crippen LogP) is 2.57. The third kappa shape index (κ3) is 4.64. The highest BCUT2D eigenvalue weighted by Gasteiger charge is 2.24. The first-order chi connectivity index (χ1) is 13.1. The zero-order valence-electron chi connectivity index (χ0n) is 15.5. The average molecular weight is 371 g/mol. The van der Waals surface area contributed by atoms with Crippen LogP contribution in [0.2, 0.25) is 0 Å². The van der Waals surface area contributed by atoms with Crippen LogP contribution in [0.4, 0.5) is 10.7 Å². The lowest BCUT2D eigenvalue weighted by Crippen LogP contribution is -2.43. The van der Waals surface area contributed by atoms with Crippen LogP contribution in [0, 0.1) is 0 Å². The molecule has 2 N–H and O–H groups in total. The standard InChI is InChI=1S/C19H25N5O3/c1-23-17(25)13-16(14-7-9-20-10-8-14)22-18(23)21-11-12-24(19(26)27)15-5-3-2-4-6-15/h7-10,13,15H,2-6,11-12H2,1H3,(H,21,22)(H,26,27). The molecule has 0 saturated heterocycles. The van der Waals surface area contributed by atoms with Crippen molar-refractivity contribution in [3.8, 4) is 11.3 Å². The molecule has 0 unspecified atom stereocenters. The van der Waals surface area contributed by atoms with E-state index in [2.05, 4.69) is 15.3 Å². The molecule has 0 radical (unpaired) electrons. The van der Waals surface area contributed by atoms with Gasteiger partial charge in [-0.2, -0.15) is 0 Å². The van der Waals surface area contributed by atoms with E-state index in [1.807, 2.05) is 0 Å². The first kappa shape index (κ1) is 18.9. The Balaban J connectivity index is 1.70. The highest BCUT2D eigenvalue weighted by Crippen LogP contribution is 2.22. The average Bonchev–Trinajstić information content (AvgIpc) is 2.69. The predicted molar refractivity (Wildman–Crippen MR) is 103 cm³/mol. The molecule has 1 fully saturated rings. The Hall–Kier alpha value is -2.90. The van der Waals surface area contributed by atoms with E-state index in [9.17, 15) is 14.7 Å². The lowest BCUT2D eigenvalue weighted by molar-refractivity contribution is 0.113. The van der Waals surface area contributed by atoms with E-state index < -0.39 is 6.09 Å². The summed E-state index contributed by atoms with van der Waals surface area (Å²) in [7, 11) is 1.64. The molecule has 0 spiro atoms. The Labute approximate surface area is 157 Å². The lowest BCUT2D eigenvalue weighted by atomic mass is 9.94. The molecule has 0 aromatic carbocycles. The zero-order valence-corrected chi connectivity index (χ0v) is 15.5. The highest BCUT2D eigenvalue weighted by molar-refractivity contribution is 5.65. The molecule has 2 aromatic rings. The van der Waals surface area contributed by atoms with Gasteiger partial charge >= 0.3 is 6.09 Å². The van der Waals surface area contributed by atoms with Gasteiger partial charge in [-0.25, -0.2) is 9.78 Å². The normalized spacial score (nSPS) is 14.7. The number of aromatic nitrogens is 3. The molecule has 144 valence electrons. The summed E-state index contributed by atoms with van der Waals surface area (Å²) >= 11 is 0. The second-order valence-electron chi connectivity index (χ2n) is 6.79. The maximum absolute atomic E-state index is 12.2. The minimum atomic E-state index is -0.893. The van der Waals surface area contributed by atoms with Crippen LogP contribution in [0.3, 0.4) is 0 Å². The molecule has 1 aliphatic rings. The number of nitrogens with one attached hydrogen (secondary N) is 1. The van der Waals surface area contributed by atoms with Crippen molar-refractivity contribution >= 4 is 12.0 Å². The third-order valence-electron chi connectivity index (χ3n) is 5.01. The van der Waals surface area contributed by atoms with E-state index in [1.54, 1.807) is 31.6 Å². The quantitative estimate of drug-likeness (QED) is 0.809. The summed E-state index contributed by atoms with van der Waals surface area (Å²) in [6.45, 7) is 0.748. The van der Waals surface area contributed by atoms with Crippen molar-refractivity contribution in [2.45, 2.75) is 38.1 Å². The van der Waals surface area contributed by atoms with Gasteiger partial charge in [0.25, 0.3) is 5.56 Å². The van der Waals surface area contributed by atoms with Gasteiger partial charge in [0.05, 0.1) is 5.69 Å². The van der Waals surface area contributed by atoms with Gasteiger partial charge in [-0.1, -0.05) is 19.3 Å². The smallest absolute Gasteiger partial charge is 0.407 e. The molecule has 1 aliphatic carbocycles. The van der Waals surface area contributed by atoms with Crippen LogP contribution in [0.15, 0.2) is 35.4 Å². The molecule has 2 heterocycles. The van der Waals surface area contributed by atoms with Crippen LogP contribution < -0.4 is 10.9 Å². The zero-order chi connectivity index (χ0) is 19.2. The summed E-state index contributed by atoms with van der Waals surface area (Å²) in [4.78, 5) is 33.9. The van der Waals surface area contributed by atoms with Crippen LogP contribution >= 0.6 is 0 Å². The topological polar surface area (TPSA) is 100 Å². The molecule has 27 heavy (non-hydrogen) atoms. The van der Waals surface area contributed by atoms with Gasteiger partial charge in [-0.3, -0.25) is 14.3 Å². The molecule has 0 atom stereocenters. The van der Waals surface area contributed by atoms with Crippen molar-refractivity contribution in [1.82, 2.24) is 19.4 Å². The van der Waals surface area contributed by atoms with Crippen molar-refractivity contribution in [1.29, 1.82) is 0 Å². The van der Waals surface area contributed by atoms with E-state index >= 15 is 0 Å². The van der Waals surface area contributed by atoms with Gasteiger partial charge < -0.3 is 15.3 Å². The number of nitrogens with zero attached hydrogens (tertiary/aromatic N) is 4. The molecule has 1 amide bonds. The number of hydrogen-bond donors (Lipinski definition) is 2. The van der Waals surface area contributed by atoms with Crippen molar-refractivity contribution in [2.24, 2.45) is 7.05 Å². The van der Waals surface area contributed by atoms with E-state index in [0.29, 0.717) is 24.7 Å². The summed E-state index contributed by atoms with van der Waals surface area (Å²) in [6.07, 6.45) is 7.57. The Morgan fingerprint density at radius 3 is 2.67 bits per heavy atom. The molecule has 2 aromatic heterocycles. The molecule has 8 nitrogen and oxygen atoms in total. The Kier molecular flexibility index (Phi) is 6.05. The van der Waals surface area contributed by atoms with E-state index in [0.717, 1.165) is 31.2 Å². The number of hydrogen-bond acceptors (Lipinski definition) is 5. The molecule has 3 rings (SSSR count). The summed E-state index contributed by atoms with van der Waals surface area (Å²) in [5.74, 6) is 0.420. The summed E-state index contributed by atoms with van der Waals surface area (Å²) in [6, 6.07) is 5.14. The van der Waals surface area contributed by atoms with Crippen molar-refractivity contribution in [3.05, 3.63) is 40.9 Å². The fourth-order valence-electron chi connectivity index (χ4n) is 3.48. The fraction of sp³-hybridized carbons (Fsp3) is 0.474. The molecular weight excluding hydrogens is 346 g/mol. The van der Waals surface area contributed by atoms with Crippen molar-refractivity contribution in [2.75, 3.05) is 18.4 Å². The second kappa shape index (κ2) is 8.66. The number of carbonyl (C=O) groups is 1. The van der Waals surface area contributed by atoms with Gasteiger partial charge in [0, 0.05) is 50.2 Å². The highest BCUT2D eigenvalue weighted by atomic mass is 16.4. The Morgan fingerprint density at radius 2 is 2.00 bits per heavy atom. The van der Waals surface area contributed by atoms with Crippen LogP contribution in [-0.2, 0) is 7.05 Å². The van der Waals surface area contributed by atoms with Gasteiger partial charge in [-0.05, 0) is 25.0 Å². The Morgan fingerprint density at radius 1 is 1.30 bits per heavy atom. The number of anilines is 1. The van der Waals surface area contributed by atoms with E-state index in [-0.39, 0.29) is 11.6 Å². The minimum absolute atomic E-state index is 0.0815. The van der Waals surface area contributed by atoms with Gasteiger partial charge in [0.15, 0.2) is 0 Å². The number of rotatable bonds is 6. The first-order valence-electron chi connectivity index (χ1n) is 9.28. The van der Waals surface area contributed by atoms with E-state index in [4.69, 9.17) is 0 Å². The SMILES string of the molecule is Cn1c(NCCN(C(=O)O)C2CCCCC2)nc(-c2ccncc2)cc1=O. The third-order valence-corrected chi connectivity index (χ3v) is 5.01. The molecular formula is C19H25N5O3. The number of amides is 1. The van der Waals surface area contributed by atoms with Crippen LogP contribution in [0.25, 0.3) is 11.3 Å². The van der Waals surface area contributed by atoms with Gasteiger partial charge in [0.1, 0.15) is 0 Å². The molecule has 0 bridgehead atoms. The number of carboxylic acid groups (broad SMARTS) is 1.